The highest BCUT2D eigenvalue weighted by Gasteiger charge is 2.46. The Labute approximate surface area is 294 Å². The Kier molecular flexibility index (Phi) is 13.7. The first-order valence-corrected chi connectivity index (χ1v) is 17.0. The Morgan fingerprint density at radius 3 is 1.46 bits per heavy atom. The molecule has 20 heteroatoms. The van der Waals surface area contributed by atoms with E-state index in [0.29, 0.717) is 33.4 Å². The second kappa shape index (κ2) is 17.1. The highest BCUT2D eigenvalue weighted by Crippen LogP contribution is 2.34. The summed E-state index contributed by atoms with van der Waals surface area (Å²) in [7, 11) is -3.77. The van der Waals surface area contributed by atoms with Gasteiger partial charge in [-0.15, -0.1) is 0 Å². The summed E-state index contributed by atoms with van der Waals surface area (Å²) in [4.78, 5) is 3.70. The van der Waals surface area contributed by atoms with Crippen molar-refractivity contribution < 1.29 is 64.8 Å². The lowest BCUT2D eigenvalue weighted by atomic mass is 10.3. The van der Waals surface area contributed by atoms with Gasteiger partial charge in [0.1, 0.15) is 5.69 Å². The van der Waals surface area contributed by atoms with Gasteiger partial charge in [-0.1, -0.05) is 60.7 Å². The molecule has 0 aliphatic carbocycles. The minimum atomic E-state index is -4.49. The number of para-hydroxylation sites is 6. The van der Waals surface area contributed by atoms with Crippen molar-refractivity contribution in [1.82, 2.24) is 14.1 Å². The summed E-state index contributed by atoms with van der Waals surface area (Å²) >= 11 is 0. The number of benzene rings is 4. The molecule has 0 bridgehead atoms. The lowest BCUT2D eigenvalue weighted by molar-refractivity contribution is -0.667. The van der Waals surface area contributed by atoms with Crippen molar-refractivity contribution in [2.75, 3.05) is 21.3 Å². The van der Waals surface area contributed by atoms with Crippen molar-refractivity contribution in [3.63, 3.8) is 0 Å². The number of rotatable bonds is 5. The van der Waals surface area contributed by atoms with Crippen LogP contribution in [0.4, 0.5) is 26.3 Å². The molecule has 0 radical (unpaired) electrons. The maximum atomic E-state index is 13.4. The Morgan fingerprint density at radius 1 is 0.615 bits per heavy atom. The molecule has 0 aliphatic rings. The minimum absolute atomic E-state index is 0.332. The average molecular weight is 777 g/mol. The first-order valence-electron chi connectivity index (χ1n) is 14.4. The lowest BCUT2D eigenvalue weighted by Crippen LogP contribution is -2.38. The molecule has 2 heterocycles. The Balaban J connectivity index is 0.000000211. The monoisotopic (exact) mass is 776 g/mol. The van der Waals surface area contributed by atoms with Crippen LogP contribution in [0.1, 0.15) is 11.6 Å². The minimum Gasteiger partial charge on any atom is -0.726 e. The summed E-state index contributed by atoms with van der Waals surface area (Å²) in [6.45, 7) is 0. The fraction of sp³-hybridized carbons (Fsp3) is 0.188. The van der Waals surface area contributed by atoms with E-state index in [2.05, 4.69) is 17.5 Å². The van der Waals surface area contributed by atoms with Crippen LogP contribution in [-0.2, 0) is 52.7 Å². The van der Waals surface area contributed by atoms with Crippen molar-refractivity contribution in [2.45, 2.75) is 12.4 Å². The molecule has 0 spiro atoms. The highest BCUT2D eigenvalue weighted by atomic mass is 32.3. The molecule has 0 unspecified atom stereocenters. The molecule has 12 nitrogen and oxygen atoms in total. The summed E-state index contributed by atoms with van der Waals surface area (Å²) in [6.07, 6.45) is -8.92. The van der Waals surface area contributed by atoms with Crippen LogP contribution >= 0.6 is 0 Å². The number of imidazole rings is 2. The molecule has 2 aromatic heterocycles. The van der Waals surface area contributed by atoms with Crippen molar-refractivity contribution >= 4 is 42.9 Å². The molecule has 0 N–H and O–H groups in total. The third-order valence-corrected chi connectivity index (χ3v) is 7.95. The largest absolute Gasteiger partial charge is 0.726 e. The third kappa shape index (κ3) is 10.8. The van der Waals surface area contributed by atoms with Crippen LogP contribution in [0.25, 0.3) is 33.4 Å². The van der Waals surface area contributed by atoms with Crippen molar-refractivity contribution in [3.05, 3.63) is 121 Å². The molecule has 0 saturated heterocycles. The molecule has 6 rings (SSSR count). The number of halogens is 6. The van der Waals surface area contributed by atoms with E-state index in [1.165, 1.54) is 16.2 Å². The number of nitrogens with zero attached hydrogens (tertiary/aromatic N) is 4. The second-order valence-electron chi connectivity index (χ2n) is 9.95. The van der Waals surface area contributed by atoms with Gasteiger partial charge in [0.05, 0.1) is 39.4 Å². The maximum Gasteiger partial charge on any atom is 0.495 e. The molecule has 4 aromatic carbocycles. The standard InChI is InChI=1S/C15H12F3N2.C14H9F3N2.C2H6O4S.CH4O4S/c1-19-12-9-5-6-10-13(12)20(14(19)15(16,17)18)11-7-3-2-4-8-11;15-14(16,17)13-18-11-8-4-5-9-12(11)19(13)10-6-2-1-3-7-10;1-5-7(3,4)6-2;1-5-6(2,3)4/h2-10H,1H3;1-9H;1-2H3;1H3,(H,2,3,4)/q+1;;;/p-1. The molecular weight excluding hydrogens is 746 g/mol. The zero-order valence-electron chi connectivity index (χ0n) is 27.5. The molecule has 0 amide bonds. The van der Waals surface area contributed by atoms with E-state index in [9.17, 15) is 47.7 Å². The Bertz CT molecular complexity index is 2290. The van der Waals surface area contributed by atoms with Gasteiger partial charge < -0.3 is 4.55 Å². The third-order valence-electron chi connectivity index (χ3n) is 6.72. The molecule has 0 saturated carbocycles. The van der Waals surface area contributed by atoms with Gasteiger partial charge in [0, 0.05) is 5.69 Å². The van der Waals surface area contributed by atoms with Gasteiger partial charge in [-0.05, 0) is 48.5 Å². The number of hydrogen-bond acceptors (Lipinski definition) is 9. The summed E-state index contributed by atoms with van der Waals surface area (Å²) < 4.78 is 142. The molecule has 0 atom stereocenters. The normalized spacial score (nSPS) is 11.9. The summed E-state index contributed by atoms with van der Waals surface area (Å²) in [5, 5.41) is 0. The zero-order valence-corrected chi connectivity index (χ0v) is 29.2. The van der Waals surface area contributed by atoms with Crippen LogP contribution in [0.15, 0.2) is 109 Å². The fourth-order valence-corrected chi connectivity index (χ4v) is 4.73. The van der Waals surface area contributed by atoms with E-state index >= 15 is 0 Å². The van der Waals surface area contributed by atoms with Crippen LogP contribution in [-0.4, -0.2) is 56.8 Å². The number of hydrogen-bond donors (Lipinski definition) is 0. The van der Waals surface area contributed by atoms with Crippen molar-refractivity contribution in [2.24, 2.45) is 7.05 Å². The van der Waals surface area contributed by atoms with Crippen LogP contribution in [0, 0.1) is 0 Å². The maximum absolute atomic E-state index is 13.4. The SMILES string of the molecule is COS(=O)(=O)OC.COS(=O)(=O)[O-].C[n+]1c(C(F)(F)F)n(-c2ccccc2)c2ccccc21.FC(F)(F)c1nc2ccccc2n1-c1ccccc1. The molecule has 0 fully saturated rings. The van der Waals surface area contributed by atoms with Gasteiger partial charge in [-0.25, -0.2) is 18.0 Å². The van der Waals surface area contributed by atoms with Gasteiger partial charge in [-0.3, -0.25) is 17.1 Å². The van der Waals surface area contributed by atoms with E-state index in [1.807, 2.05) is 0 Å². The van der Waals surface area contributed by atoms with Gasteiger partial charge in [-0.2, -0.15) is 39.3 Å². The quantitative estimate of drug-likeness (QED) is 0.0873. The number of aryl methyl sites for hydroxylation is 1. The zero-order chi connectivity index (χ0) is 38.9. The Hall–Kier alpha value is -4.86. The number of aromatic nitrogens is 4. The van der Waals surface area contributed by atoms with E-state index in [-0.39, 0.29) is 0 Å². The first kappa shape index (κ1) is 41.6. The van der Waals surface area contributed by atoms with Crippen molar-refractivity contribution in [3.8, 4) is 11.4 Å². The number of alkyl halides is 6. The Morgan fingerprint density at radius 2 is 1.04 bits per heavy atom. The van der Waals surface area contributed by atoms with E-state index in [4.69, 9.17) is 0 Å². The highest BCUT2D eigenvalue weighted by molar-refractivity contribution is 7.81. The summed E-state index contributed by atoms with van der Waals surface area (Å²) in [5.74, 6) is -1.59. The molecule has 280 valence electrons. The second-order valence-corrected chi connectivity index (χ2v) is 12.6. The van der Waals surface area contributed by atoms with Crippen LogP contribution < -0.4 is 4.57 Å². The smallest absolute Gasteiger partial charge is 0.495 e. The summed E-state index contributed by atoms with van der Waals surface area (Å²) in [5.41, 5.74) is 2.80. The topological polar surface area (TPSA) is 146 Å². The average Bonchev–Trinajstić information content (AvgIpc) is 3.66. The van der Waals surface area contributed by atoms with Gasteiger partial charge in [0.15, 0.2) is 11.0 Å². The van der Waals surface area contributed by atoms with Crippen LogP contribution in [0.2, 0.25) is 0 Å². The summed E-state index contributed by atoms with van der Waals surface area (Å²) in [6, 6.07) is 30.4. The molecule has 0 aliphatic heterocycles. The van der Waals surface area contributed by atoms with Crippen molar-refractivity contribution in [1.29, 1.82) is 0 Å². The fourth-order valence-electron chi connectivity index (χ4n) is 4.59. The van der Waals surface area contributed by atoms with E-state index < -0.39 is 44.8 Å². The van der Waals surface area contributed by atoms with Gasteiger partial charge >= 0.3 is 28.6 Å². The first-order chi connectivity index (χ1) is 24.3. The van der Waals surface area contributed by atoms with E-state index in [1.54, 1.807) is 109 Å². The molecule has 6 aromatic rings. The van der Waals surface area contributed by atoms with Crippen LogP contribution in [0.5, 0.6) is 0 Å². The van der Waals surface area contributed by atoms with Gasteiger partial charge in [0.25, 0.3) is 0 Å². The number of fused-ring (bicyclic) bond motifs is 2. The lowest BCUT2D eigenvalue weighted by Gasteiger charge is -2.11. The molecule has 52 heavy (non-hydrogen) atoms. The van der Waals surface area contributed by atoms with E-state index in [0.717, 1.165) is 25.9 Å². The van der Waals surface area contributed by atoms with Gasteiger partial charge in [0.2, 0.25) is 16.2 Å². The predicted molar refractivity (Wildman–Crippen MR) is 175 cm³/mol. The van der Waals surface area contributed by atoms with Crippen LogP contribution in [0.3, 0.4) is 0 Å². The predicted octanol–water partition coefficient (Wildman–Crippen LogP) is 6.14. The molecular formula is C32H30F6N4O8S2.